The van der Waals surface area contributed by atoms with Crippen LogP contribution in [0.4, 0.5) is 20.4 Å². The Labute approximate surface area is 183 Å². The van der Waals surface area contributed by atoms with Gasteiger partial charge in [0.15, 0.2) is 0 Å². The Morgan fingerprint density at radius 3 is 2.16 bits per heavy atom. The number of carbonyl (C=O) groups excluding carboxylic acids is 1. The van der Waals surface area contributed by atoms with Crippen molar-refractivity contribution in [1.29, 1.82) is 0 Å². The minimum Gasteiger partial charge on any atom is -0.324 e. The Bertz CT molecular complexity index is 1220. The lowest BCUT2D eigenvalue weighted by Gasteiger charge is -2.15. The molecule has 2 aromatic heterocycles. The van der Waals surface area contributed by atoms with Gasteiger partial charge in [0.25, 0.3) is 16.4 Å². The molecule has 1 aromatic carbocycles. The standard InChI is InChI=1S/C20H22F2N6O3S/c1-11-9-12(2)24-20(23-11)27-32(30,31)16-7-5-15(6-8-16)25-19(29)14(4)28-13(3)10-17(26-28)18(21)22/h5-10,14,18H,1-4H3,(H,25,29)(H,23,24,27). The Kier molecular flexibility index (Phi) is 6.53. The number of amides is 1. The molecule has 0 fully saturated rings. The van der Waals surface area contributed by atoms with E-state index >= 15 is 0 Å². The van der Waals surface area contributed by atoms with E-state index in [9.17, 15) is 22.0 Å². The quantitative estimate of drug-likeness (QED) is 0.552. The van der Waals surface area contributed by atoms with Crippen LogP contribution >= 0.6 is 0 Å². The molecule has 0 aliphatic heterocycles. The molecule has 1 unspecified atom stereocenters. The zero-order valence-electron chi connectivity index (χ0n) is 17.8. The summed E-state index contributed by atoms with van der Waals surface area (Å²) in [7, 11) is -3.94. The molecule has 0 bridgehead atoms. The number of anilines is 2. The van der Waals surface area contributed by atoms with Crippen molar-refractivity contribution in [2.75, 3.05) is 10.0 Å². The van der Waals surface area contributed by atoms with Gasteiger partial charge in [0.1, 0.15) is 11.7 Å². The molecule has 0 radical (unpaired) electrons. The summed E-state index contributed by atoms with van der Waals surface area (Å²) >= 11 is 0. The number of carbonyl (C=O) groups is 1. The average Bonchev–Trinajstić information content (AvgIpc) is 3.08. The Hall–Kier alpha value is -3.41. The maximum absolute atomic E-state index is 12.8. The van der Waals surface area contributed by atoms with Gasteiger partial charge in [0, 0.05) is 22.8 Å². The van der Waals surface area contributed by atoms with Crippen molar-refractivity contribution in [2.45, 2.75) is 45.1 Å². The molecule has 0 spiro atoms. The van der Waals surface area contributed by atoms with Crippen molar-refractivity contribution in [1.82, 2.24) is 19.7 Å². The fraction of sp³-hybridized carbons (Fsp3) is 0.300. The fourth-order valence-corrected chi connectivity index (χ4v) is 3.98. The molecule has 0 aliphatic rings. The first-order valence-electron chi connectivity index (χ1n) is 9.56. The molecule has 9 nitrogen and oxygen atoms in total. The fourth-order valence-electron chi connectivity index (χ4n) is 3.04. The smallest absolute Gasteiger partial charge is 0.282 e. The summed E-state index contributed by atoms with van der Waals surface area (Å²) in [4.78, 5) is 20.6. The predicted molar refractivity (Wildman–Crippen MR) is 114 cm³/mol. The highest BCUT2D eigenvalue weighted by molar-refractivity contribution is 7.92. The molecule has 1 atom stereocenters. The average molecular weight is 464 g/mol. The van der Waals surface area contributed by atoms with Gasteiger partial charge in [-0.05, 0) is 64.1 Å². The van der Waals surface area contributed by atoms with Crippen LogP contribution in [0.3, 0.4) is 0 Å². The zero-order chi connectivity index (χ0) is 23.6. The number of aromatic nitrogens is 4. The third kappa shape index (κ3) is 5.25. The van der Waals surface area contributed by atoms with Gasteiger partial charge in [-0.2, -0.15) is 5.10 Å². The summed E-state index contributed by atoms with van der Waals surface area (Å²) in [5.74, 6) is -0.527. The lowest BCUT2D eigenvalue weighted by Crippen LogP contribution is -2.25. The van der Waals surface area contributed by atoms with E-state index < -0.39 is 34.1 Å². The van der Waals surface area contributed by atoms with Gasteiger partial charge in [-0.3, -0.25) is 9.48 Å². The van der Waals surface area contributed by atoms with Crippen molar-refractivity contribution in [2.24, 2.45) is 0 Å². The first-order valence-corrected chi connectivity index (χ1v) is 11.0. The largest absolute Gasteiger partial charge is 0.324 e. The molecule has 0 saturated carbocycles. The highest BCUT2D eigenvalue weighted by Gasteiger charge is 2.22. The van der Waals surface area contributed by atoms with E-state index in [1.807, 2.05) is 0 Å². The van der Waals surface area contributed by atoms with E-state index in [0.29, 0.717) is 22.8 Å². The summed E-state index contributed by atoms with van der Waals surface area (Å²) in [5, 5.41) is 6.40. The van der Waals surface area contributed by atoms with Crippen LogP contribution in [-0.4, -0.2) is 34.1 Å². The highest BCUT2D eigenvalue weighted by Crippen LogP contribution is 2.22. The Balaban J connectivity index is 1.71. The number of alkyl halides is 2. The van der Waals surface area contributed by atoms with E-state index in [1.54, 1.807) is 26.8 Å². The molecular formula is C20H22F2N6O3S. The SMILES string of the molecule is Cc1cc(C)nc(NS(=O)(=O)c2ccc(NC(=O)C(C)n3nc(C(F)F)cc3C)cc2)n1. The van der Waals surface area contributed by atoms with Crippen LogP contribution in [-0.2, 0) is 14.8 Å². The van der Waals surface area contributed by atoms with Crippen molar-refractivity contribution >= 4 is 27.6 Å². The van der Waals surface area contributed by atoms with Gasteiger partial charge >= 0.3 is 0 Å². The number of nitrogens with zero attached hydrogens (tertiary/aromatic N) is 4. The molecule has 170 valence electrons. The Morgan fingerprint density at radius 1 is 1.03 bits per heavy atom. The van der Waals surface area contributed by atoms with Gasteiger partial charge < -0.3 is 5.32 Å². The lowest BCUT2D eigenvalue weighted by atomic mass is 10.2. The Morgan fingerprint density at radius 2 is 1.62 bits per heavy atom. The first kappa shape index (κ1) is 23.3. The summed E-state index contributed by atoms with van der Waals surface area (Å²) < 4.78 is 54.4. The second kappa shape index (κ2) is 8.99. The van der Waals surface area contributed by atoms with E-state index in [1.165, 1.54) is 41.9 Å². The van der Waals surface area contributed by atoms with Gasteiger partial charge in [-0.15, -0.1) is 0 Å². The second-order valence-corrected chi connectivity index (χ2v) is 8.91. The minimum atomic E-state index is -3.94. The molecule has 2 heterocycles. The number of rotatable bonds is 7. The van der Waals surface area contributed by atoms with Crippen molar-refractivity contribution < 1.29 is 22.0 Å². The van der Waals surface area contributed by atoms with E-state index in [2.05, 4.69) is 25.1 Å². The number of aryl methyl sites for hydroxylation is 3. The van der Waals surface area contributed by atoms with E-state index in [4.69, 9.17) is 0 Å². The van der Waals surface area contributed by atoms with Crippen molar-refractivity contribution in [3.63, 3.8) is 0 Å². The van der Waals surface area contributed by atoms with Gasteiger partial charge in [0.05, 0.1) is 4.90 Å². The van der Waals surface area contributed by atoms with Gasteiger partial charge in [0.2, 0.25) is 11.9 Å². The number of nitrogens with one attached hydrogen (secondary N) is 2. The predicted octanol–water partition coefficient (Wildman–Crippen LogP) is 3.54. The maximum Gasteiger partial charge on any atom is 0.282 e. The maximum atomic E-state index is 12.8. The molecule has 0 aliphatic carbocycles. The molecule has 0 saturated heterocycles. The number of benzene rings is 1. The first-order chi connectivity index (χ1) is 15.0. The van der Waals surface area contributed by atoms with Crippen LogP contribution in [0.25, 0.3) is 0 Å². The summed E-state index contributed by atoms with van der Waals surface area (Å²) in [6.07, 6.45) is -2.73. The second-order valence-electron chi connectivity index (χ2n) is 7.23. The number of hydrogen-bond acceptors (Lipinski definition) is 6. The third-order valence-corrected chi connectivity index (χ3v) is 5.90. The summed E-state index contributed by atoms with van der Waals surface area (Å²) in [6.45, 7) is 6.56. The van der Waals surface area contributed by atoms with Crippen LogP contribution in [0.2, 0.25) is 0 Å². The minimum absolute atomic E-state index is 0.0357. The molecule has 1 amide bonds. The van der Waals surface area contributed by atoms with Crippen LogP contribution in [0.1, 0.15) is 42.2 Å². The molecule has 3 aromatic rings. The van der Waals surface area contributed by atoms with Crippen LogP contribution in [0, 0.1) is 20.8 Å². The van der Waals surface area contributed by atoms with Crippen LogP contribution < -0.4 is 10.0 Å². The van der Waals surface area contributed by atoms with Gasteiger partial charge in [-0.25, -0.2) is 31.9 Å². The number of halogens is 2. The summed E-state index contributed by atoms with van der Waals surface area (Å²) in [6, 6.07) is 7.56. The number of sulfonamides is 1. The van der Waals surface area contributed by atoms with Crippen molar-refractivity contribution in [3.8, 4) is 0 Å². The summed E-state index contributed by atoms with van der Waals surface area (Å²) in [5.41, 5.74) is 1.59. The lowest BCUT2D eigenvalue weighted by molar-refractivity contribution is -0.119. The molecule has 12 heteroatoms. The normalized spacial score (nSPS) is 12.6. The molecule has 3 rings (SSSR count). The third-order valence-electron chi connectivity index (χ3n) is 4.55. The van der Waals surface area contributed by atoms with Crippen LogP contribution in [0.15, 0.2) is 41.3 Å². The monoisotopic (exact) mass is 464 g/mol. The van der Waals surface area contributed by atoms with Gasteiger partial charge in [-0.1, -0.05) is 0 Å². The van der Waals surface area contributed by atoms with E-state index in [-0.39, 0.29) is 10.8 Å². The highest BCUT2D eigenvalue weighted by atomic mass is 32.2. The topological polar surface area (TPSA) is 119 Å². The van der Waals surface area contributed by atoms with Crippen molar-refractivity contribution in [3.05, 3.63) is 59.2 Å². The van der Waals surface area contributed by atoms with E-state index in [0.717, 1.165) is 0 Å². The molecule has 2 N–H and O–H groups in total. The number of hydrogen-bond donors (Lipinski definition) is 2. The molecule has 32 heavy (non-hydrogen) atoms. The van der Waals surface area contributed by atoms with Crippen LogP contribution in [0.5, 0.6) is 0 Å². The molecular weight excluding hydrogens is 442 g/mol. The zero-order valence-corrected chi connectivity index (χ0v) is 18.6.